The SMILES string of the molecule is CN1CCNCC1c1cc(Br)ccc1Cl. The highest BCUT2D eigenvalue weighted by Gasteiger charge is 2.22. The van der Waals surface area contributed by atoms with E-state index in [0.29, 0.717) is 6.04 Å². The molecule has 1 atom stereocenters. The van der Waals surface area contributed by atoms with E-state index in [9.17, 15) is 0 Å². The third-order valence-electron chi connectivity index (χ3n) is 2.83. The van der Waals surface area contributed by atoms with Crippen LogP contribution in [0.3, 0.4) is 0 Å². The van der Waals surface area contributed by atoms with Gasteiger partial charge in [0.25, 0.3) is 0 Å². The van der Waals surface area contributed by atoms with E-state index < -0.39 is 0 Å². The monoisotopic (exact) mass is 288 g/mol. The number of rotatable bonds is 1. The van der Waals surface area contributed by atoms with Crippen LogP contribution >= 0.6 is 27.5 Å². The van der Waals surface area contributed by atoms with Crippen molar-refractivity contribution in [3.63, 3.8) is 0 Å². The van der Waals surface area contributed by atoms with Crippen LogP contribution in [0, 0.1) is 0 Å². The third kappa shape index (κ3) is 2.53. The largest absolute Gasteiger partial charge is 0.314 e. The maximum atomic E-state index is 6.22. The number of benzene rings is 1. The molecule has 1 heterocycles. The maximum absolute atomic E-state index is 6.22. The van der Waals surface area contributed by atoms with Crippen LogP contribution < -0.4 is 5.32 Å². The average molecular weight is 290 g/mol. The Hall–Kier alpha value is -0.0900. The normalized spacial score (nSPS) is 23.0. The standard InChI is InChI=1S/C11H14BrClN2/c1-15-5-4-14-7-11(15)9-6-8(12)2-3-10(9)13/h2-3,6,11,14H,4-5,7H2,1H3. The predicted octanol–water partition coefficient (Wildman–Crippen LogP) is 2.68. The number of nitrogens with one attached hydrogen (secondary N) is 1. The van der Waals surface area contributed by atoms with Crippen molar-refractivity contribution >= 4 is 27.5 Å². The van der Waals surface area contributed by atoms with Crippen LogP contribution in [0.1, 0.15) is 11.6 Å². The Morgan fingerprint density at radius 1 is 1.53 bits per heavy atom. The summed E-state index contributed by atoms with van der Waals surface area (Å²) in [4.78, 5) is 2.34. The number of hydrogen-bond donors (Lipinski definition) is 1. The predicted molar refractivity (Wildman–Crippen MR) is 67.4 cm³/mol. The highest BCUT2D eigenvalue weighted by molar-refractivity contribution is 9.10. The summed E-state index contributed by atoms with van der Waals surface area (Å²) in [6.07, 6.45) is 0. The van der Waals surface area contributed by atoms with E-state index in [2.05, 4.69) is 39.3 Å². The first-order valence-electron chi connectivity index (χ1n) is 5.04. The van der Waals surface area contributed by atoms with E-state index in [1.807, 2.05) is 12.1 Å². The first-order chi connectivity index (χ1) is 7.18. The molecule has 0 bridgehead atoms. The lowest BCUT2D eigenvalue weighted by Crippen LogP contribution is -2.43. The molecule has 0 saturated carbocycles. The van der Waals surface area contributed by atoms with Gasteiger partial charge in [0.05, 0.1) is 0 Å². The van der Waals surface area contributed by atoms with Crippen molar-refractivity contribution in [3.8, 4) is 0 Å². The molecule has 4 heteroatoms. The van der Waals surface area contributed by atoms with Crippen molar-refractivity contribution in [2.75, 3.05) is 26.7 Å². The minimum absolute atomic E-state index is 0.378. The Bertz CT molecular complexity index is 356. The molecule has 2 nitrogen and oxygen atoms in total. The van der Waals surface area contributed by atoms with E-state index in [-0.39, 0.29) is 0 Å². The maximum Gasteiger partial charge on any atom is 0.0485 e. The molecular weight excluding hydrogens is 275 g/mol. The van der Waals surface area contributed by atoms with Gasteiger partial charge in [-0.15, -0.1) is 0 Å². The summed E-state index contributed by atoms with van der Waals surface area (Å²) in [6, 6.07) is 6.41. The number of hydrogen-bond acceptors (Lipinski definition) is 2. The zero-order valence-electron chi connectivity index (χ0n) is 8.63. The Balaban J connectivity index is 2.30. The summed E-state index contributed by atoms with van der Waals surface area (Å²) >= 11 is 9.70. The van der Waals surface area contributed by atoms with Gasteiger partial charge >= 0.3 is 0 Å². The second-order valence-corrected chi connectivity index (χ2v) is 5.19. The molecule has 0 radical (unpaired) electrons. The number of piperazine rings is 1. The molecule has 1 unspecified atom stereocenters. The summed E-state index contributed by atoms with van der Waals surface area (Å²) in [5.41, 5.74) is 1.20. The lowest BCUT2D eigenvalue weighted by molar-refractivity contribution is 0.202. The van der Waals surface area contributed by atoms with Crippen LogP contribution in [-0.4, -0.2) is 31.6 Å². The van der Waals surface area contributed by atoms with E-state index in [0.717, 1.165) is 29.1 Å². The molecular formula is C11H14BrClN2. The minimum atomic E-state index is 0.378. The Labute approximate surface area is 104 Å². The summed E-state index contributed by atoms with van der Waals surface area (Å²) in [5.74, 6) is 0. The van der Waals surface area contributed by atoms with Crippen molar-refractivity contribution in [2.24, 2.45) is 0 Å². The van der Waals surface area contributed by atoms with Crippen LogP contribution in [-0.2, 0) is 0 Å². The molecule has 1 fully saturated rings. The first kappa shape index (κ1) is 11.4. The third-order valence-corrected chi connectivity index (χ3v) is 3.67. The molecule has 1 aromatic rings. The van der Waals surface area contributed by atoms with Gasteiger partial charge in [0, 0.05) is 35.2 Å². The zero-order valence-corrected chi connectivity index (χ0v) is 11.0. The summed E-state index contributed by atoms with van der Waals surface area (Å²) in [5, 5.41) is 4.24. The van der Waals surface area contributed by atoms with Gasteiger partial charge in [0.15, 0.2) is 0 Å². The minimum Gasteiger partial charge on any atom is -0.314 e. The van der Waals surface area contributed by atoms with Gasteiger partial charge in [-0.1, -0.05) is 27.5 Å². The molecule has 1 saturated heterocycles. The highest BCUT2D eigenvalue weighted by Crippen LogP contribution is 2.30. The van der Waals surface area contributed by atoms with Gasteiger partial charge in [0.2, 0.25) is 0 Å². The molecule has 0 aromatic heterocycles. The molecule has 0 amide bonds. The smallest absolute Gasteiger partial charge is 0.0485 e. The fourth-order valence-electron chi connectivity index (χ4n) is 1.92. The van der Waals surface area contributed by atoms with Gasteiger partial charge in [-0.05, 0) is 30.8 Å². The Kier molecular flexibility index (Phi) is 3.67. The topological polar surface area (TPSA) is 15.3 Å². The van der Waals surface area contributed by atoms with Gasteiger partial charge < -0.3 is 5.32 Å². The van der Waals surface area contributed by atoms with Crippen LogP contribution in [0.2, 0.25) is 5.02 Å². The molecule has 1 aromatic carbocycles. The average Bonchev–Trinajstić information content (AvgIpc) is 2.23. The van der Waals surface area contributed by atoms with Gasteiger partial charge in [0.1, 0.15) is 0 Å². The van der Waals surface area contributed by atoms with Crippen molar-refractivity contribution < 1.29 is 0 Å². The van der Waals surface area contributed by atoms with Crippen molar-refractivity contribution in [1.82, 2.24) is 10.2 Å². The van der Waals surface area contributed by atoms with Crippen LogP contribution in [0.4, 0.5) is 0 Å². The van der Waals surface area contributed by atoms with Gasteiger partial charge in [-0.25, -0.2) is 0 Å². The highest BCUT2D eigenvalue weighted by atomic mass is 79.9. The second kappa shape index (κ2) is 4.83. The van der Waals surface area contributed by atoms with E-state index >= 15 is 0 Å². The summed E-state index contributed by atoms with van der Waals surface area (Å²) < 4.78 is 1.08. The van der Waals surface area contributed by atoms with Crippen molar-refractivity contribution in [1.29, 1.82) is 0 Å². The molecule has 1 aliphatic heterocycles. The molecule has 15 heavy (non-hydrogen) atoms. The Morgan fingerprint density at radius 3 is 3.07 bits per heavy atom. The van der Waals surface area contributed by atoms with E-state index in [1.54, 1.807) is 0 Å². The van der Waals surface area contributed by atoms with Crippen molar-refractivity contribution in [3.05, 3.63) is 33.3 Å². The summed E-state index contributed by atoms with van der Waals surface area (Å²) in [7, 11) is 2.14. The van der Waals surface area contributed by atoms with Crippen LogP contribution in [0.25, 0.3) is 0 Å². The molecule has 2 rings (SSSR count). The van der Waals surface area contributed by atoms with Crippen LogP contribution in [0.15, 0.2) is 22.7 Å². The van der Waals surface area contributed by atoms with E-state index in [1.165, 1.54) is 5.56 Å². The lowest BCUT2D eigenvalue weighted by Gasteiger charge is -2.33. The molecule has 0 spiro atoms. The fourth-order valence-corrected chi connectivity index (χ4v) is 2.55. The first-order valence-corrected chi connectivity index (χ1v) is 6.21. The molecule has 1 N–H and O–H groups in total. The quantitative estimate of drug-likeness (QED) is 0.855. The van der Waals surface area contributed by atoms with Gasteiger partial charge in [-0.3, -0.25) is 4.90 Å². The molecule has 0 aliphatic carbocycles. The summed E-state index contributed by atoms with van der Waals surface area (Å²) in [6.45, 7) is 3.08. The van der Waals surface area contributed by atoms with Crippen molar-refractivity contribution in [2.45, 2.75) is 6.04 Å². The Morgan fingerprint density at radius 2 is 2.33 bits per heavy atom. The second-order valence-electron chi connectivity index (χ2n) is 3.87. The lowest BCUT2D eigenvalue weighted by atomic mass is 10.0. The van der Waals surface area contributed by atoms with E-state index in [4.69, 9.17) is 11.6 Å². The number of halogens is 2. The fraction of sp³-hybridized carbons (Fsp3) is 0.455. The molecule has 82 valence electrons. The molecule has 1 aliphatic rings. The van der Waals surface area contributed by atoms with Gasteiger partial charge in [-0.2, -0.15) is 0 Å². The number of likely N-dealkylation sites (N-methyl/N-ethyl adjacent to an activating group) is 1. The van der Waals surface area contributed by atoms with Crippen LogP contribution in [0.5, 0.6) is 0 Å². The number of nitrogens with zero attached hydrogens (tertiary/aromatic N) is 1. The zero-order chi connectivity index (χ0) is 10.8.